The molecule has 0 atom stereocenters. The van der Waals surface area contributed by atoms with Crippen LogP contribution in [-0.4, -0.2) is 15.2 Å². The molecule has 1 aromatic heterocycles. The summed E-state index contributed by atoms with van der Waals surface area (Å²) in [6.07, 6.45) is 4.61. The molecule has 0 radical (unpaired) electrons. The molecule has 16 heavy (non-hydrogen) atoms. The predicted octanol–water partition coefficient (Wildman–Crippen LogP) is 2.52. The van der Waals surface area contributed by atoms with Crippen LogP contribution in [0.4, 0.5) is 0 Å². The SMILES string of the molecule is CCc1nc(-c2ccc3c(c2)CCC3)n[nH]1. The first-order valence-electron chi connectivity index (χ1n) is 5.90. The standard InChI is InChI=1S/C13H15N3/c1-2-12-14-13(16-15-12)11-7-6-9-4-3-5-10(9)8-11/h6-8H,2-5H2,1H3,(H,14,15,16). The van der Waals surface area contributed by atoms with Crippen LogP contribution in [-0.2, 0) is 19.3 Å². The number of hydrogen-bond acceptors (Lipinski definition) is 2. The molecule has 1 aliphatic carbocycles. The van der Waals surface area contributed by atoms with Crippen LogP contribution in [0.25, 0.3) is 11.4 Å². The number of aryl methyl sites for hydroxylation is 3. The number of benzene rings is 1. The highest BCUT2D eigenvalue weighted by Gasteiger charge is 2.13. The molecule has 0 spiro atoms. The van der Waals surface area contributed by atoms with Gasteiger partial charge in [0.15, 0.2) is 5.82 Å². The third kappa shape index (κ3) is 1.52. The van der Waals surface area contributed by atoms with Gasteiger partial charge in [0.05, 0.1) is 0 Å². The molecule has 0 amide bonds. The quantitative estimate of drug-likeness (QED) is 0.832. The minimum atomic E-state index is 0.826. The van der Waals surface area contributed by atoms with E-state index in [9.17, 15) is 0 Å². The van der Waals surface area contributed by atoms with Crippen molar-refractivity contribution in [3.8, 4) is 11.4 Å². The van der Waals surface area contributed by atoms with Crippen LogP contribution in [0.2, 0.25) is 0 Å². The summed E-state index contributed by atoms with van der Waals surface area (Å²) in [7, 11) is 0. The van der Waals surface area contributed by atoms with E-state index in [-0.39, 0.29) is 0 Å². The lowest BCUT2D eigenvalue weighted by Gasteiger charge is -2.00. The Morgan fingerprint density at radius 2 is 2.12 bits per heavy atom. The minimum absolute atomic E-state index is 0.826. The maximum Gasteiger partial charge on any atom is 0.181 e. The van der Waals surface area contributed by atoms with E-state index in [0.717, 1.165) is 23.6 Å². The number of aromatic amines is 1. The lowest BCUT2D eigenvalue weighted by molar-refractivity contribution is 0.912. The molecule has 0 unspecified atom stereocenters. The van der Waals surface area contributed by atoms with Gasteiger partial charge in [0, 0.05) is 12.0 Å². The molecule has 1 aliphatic rings. The highest BCUT2D eigenvalue weighted by molar-refractivity contribution is 5.57. The largest absolute Gasteiger partial charge is 0.263 e. The van der Waals surface area contributed by atoms with Gasteiger partial charge in [0.1, 0.15) is 5.82 Å². The fraction of sp³-hybridized carbons (Fsp3) is 0.385. The van der Waals surface area contributed by atoms with Crippen LogP contribution in [0.1, 0.15) is 30.3 Å². The van der Waals surface area contributed by atoms with Crippen molar-refractivity contribution in [1.29, 1.82) is 0 Å². The molecule has 0 fully saturated rings. The number of nitrogens with zero attached hydrogens (tertiary/aromatic N) is 2. The molecule has 3 rings (SSSR count). The first-order valence-corrected chi connectivity index (χ1v) is 5.90. The van der Waals surface area contributed by atoms with Crippen molar-refractivity contribution in [3.63, 3.8) is 0 Å². The zero-order chi connectivity index (χ0) is 11.0. The Bertz CT molecular complexity index is 514. The number of nitrogens with one attached hydrogen (secondary N) is 1. The molecule has 0 saturated heterocycles. The van der Waals surface area contributed by atoms with E-state index < -0.39 is 0 Å². The normalized spacial score (nSPS) is 14.1. The topological polar surface area (TPSA) is 41.6 Å². The number of rotatable bonds is 2. The summed E-state index contributed by atoms with van der Waals surface area (Å²) in [5.74, 6) is 1.78. The van der Waals surface area contributed by atoms with E-state index in [1.165, 1.54) is 30.4 Å². The first kappa shape index (κ1) is 9.58. The maximum absolute atomic E-state index is 4.46. The summed E-state index contributed by atoms with van der Waals surface area (Å²) in [5.41, 5.74) is 4.10. The van der Waals surface area contributed by atoms with Gasteiger partial charge >= 0.3 is 0 Å². The van der Waals surface area contributed by atoms with Crippen LogP contribution in [0.15, 0.2) is 18.2 Å². The van der Waals surface area contributed by atoms with Crippen LogP contribution >= 0.6 is 0 Å². The van der Waals surface area contributed by atoms with Crippen molar-refractivity contribution in [1.82, 2.24) is 15.2 Å². The van der Waals surface area contributed by atoms with E-state index in [4.69, 9.17) is 0 Å². The zero-order valence-corrected chi connectivity index (χ0v) is 9.45. The summed E-state index contributed by atoms with van der Waals surface area (Å²) in [4.78, 5) is 4.46. The van der Waals surface area contributed by atoms with E-state index in [1.54, 1.807) is 0 Å². The molecule has 3 heteroatoms. The Hall–Kier alpha value is -1.64. The van der Waals surface area contributed by atoms with Crippen molar-refractivity contribution < 1.29 is 0 Å². The van der Waals surface area contributed by atoms with Crippen molar-refractivity contribution in [2.75, 3.05) is 0 Å². The lowest BCUT2D eigenvalue weighted by Crippen LogP contribution is -1.86. The smallest absolute Gasteiger partial charge is 0.181 e. The minimum Gasteiger partial charge on any atom is -0.263 e. The summed E-state index contributed by atoms with van der Waals surface area (Å²) in [6, 6.07) is 6.59. The average molecular weight is 213 g/mol. The number of H-pyrrole nitrogens is 1. The predicted molar refractivity (Wildman–Crippen MR) is 63.2 cm³/mol. The van der Waals surface area contributed by atoms with Crippen LogP contribution in [0.3, 0.4) is 0 Å². The molecule has 1 N–H and O–H groups in total. The molecular formula is C13H15N3. The Kier molecular flexibility index (Phi) is 2.24. The third-order valence-corrected chi connectivity index (χ3v) is 3.22. The Labute approximate surface area is 94.9 Å². The molecule has 1 heterocycles. The van der Waals surface area contributed by atoms with Crippen LogP contribution < -0.4 is 0 Å². The first-order chi connectivity index (χ1) is 7.86. The van der Waals surface area contributed by atoms with Gasteiger partial charge in [0.25, 0.3) is 0 Å². The highest BCUT2D eigenvalue weighted by Crippen LogP contribution is 2.26. The maximum atomic E-state index is 4.46. The van der Waals surface area contributed by atoms with Gasteiger partial charge in [-0.3, -0.25) is 5.10 Å². The lowest BCUT2D eigenvalue weighted by atomic mass is 10.1. The Morgan fingerprint density at radius 3 is 2.94 bits per heavy atom. The van der Waals surface area contributed by atoms with E-state index >= 15 is 0 Å². The van der Waals surface area contributed by atoms with Crippen molar-refractivity contribution in [2.45, 2.75) is 32.6 Å². The van der Waals surface area contributed by atoms with Crippen molar-refractivity contribution >= 4 is 0 Å². The van der Waals surface area contributed by atoms with Crippen LogP contribution in [0, 0.1) is 0 Å². The molecule has 0 aliphatic heterocycles. The van der Waals surface area contributed by atoms with Gasteiger partial charge < -0.3 is 0 Å². The summed E-state index contributed by atoms with van der Waals surface area (Å²) >= 11 is 0. The van der Waals surface area contributed by atoms with E-state index in [2.05, 4.69) is 40.3 Å². The molecule has 0 bridgehead atoms. The molecule has 3 nitrogen and oxygen atoms in total. The second-order valence-corrected chi connectivity index (χ2v) is 4.30. The fourth-order valence-electron chi connectivity index (χ4n) is 2.29. The van der Waals surface area contributed by atoms with Gasteiger partial charge in [0.2, 0.25) is 0 Å². The molecule has 82 valence electrons. The molecule has 0 saturated carbocycles. The summed E-state index contributed by atoms with van der Waals surface area (Å²) in [6.45, 7) is 2.08. The van der Waals surface area contributed by atoms with Gasteiger partial charge in [-0.1, -0.05) is 19.1 Å². The van der Waals surface area contributed by atoms with Gasteiger partial charge in [-0.05, 0) is 36.5 Å². The molecular weight excluding hydrogens is 198 g/mol. The highest BCUT2D eigenvalue weighted by atomic mass is 15.2. The summed E-state index contributed by atoms with van der Waals surface area (Å²) in [5, 5.41) is 7.21. The van der Waals surface area contributed by atoms with Gasteiger partial charge in [-0.15, -0.1) is 0 Å². The molecule has 2 aromatic rings. The number of fused-ring (bicyclic) bond motifs is 1. The fourth-order valence-corrected chi connectivity index (χ4v) is 2.29. The van der Waals surface area contributed by atoms with Crippen LogP contribution in [0.5, 0.6) is 0 Å². The monoisotopic (exact) mass is 213 g/mol. The second-order valence-electron chi connectivity index (χ2n) is 4.30. The van der Waals surface area contributed by atoms with Gasteiger partial charge in [-0.25, -0.2) is 4.98 Å². The number of aromatic nitrogens is 3. The Morgan fingerprint density at radius 1 is 1.25 bits per heavy atom. The summed E-state index contributed by atoms with van der Waals surface area (Å²) < 4.78 is 0. The average Bonchev–Trinajstić information content (AvgIpc) is 2.96. The second kappa shape index (κ2) is 3.74. The van der Waals surface area contributed by atoms with Gasteiger partial charge in [-0.2, -0.15) is 5.10 Å². The van der Waals surface area contributed by atoms with Crippen molar-refractivity contribution in [3.05, 3.63) is 35.2 Å². The Balaban J connectivity index is 2.00. The zero-order valence-electron chi connectivity index (χ0n) is 9.45. The van der Waals surface area contributed by atoms with E-state index in [0.29, 0.717) is 0 Å². The molecule has 1 aromatic carbocycles. The number of hydrogen-bond donors (Lipinski definition) is 1. The van der Waals surface area contributed by atoms with Crippen molar-refractivity contribution in [2.24, 2.45) is 0 Å². The van der Waals surface area contributed by atoms with E-state index in [1.807, 2.05) is 0 Å². The third-order valence-electron chi connectivity index (χ3n) is 3.22.